The maximum Gasteiger partial charge on any atom is 0.193 e. The van der Waals surface area contributed by atoms with Gasteiger partial charge in [0.05, 0.1) is 11.6 Å². The molecule has 0 atom stereocenters. The molecule has 6 heteroatoms. The first kappa shape index (κ1) is 20.3. The van der Waals surface area contributed by atoms with Crippen LogP contribution in [0.5, 0.6) is 0 Å². The zero-order valence-electron chi connectivity index (χ0n) is 13.7. The van der Waals surface area contributed by atoms with Gasteiger partial charge in [0.15, 0.2) is 5.96 Å². The molecule has 0 saturated heterocycles. The number of nitriles is 1. The maximum atomic E-state index is 8.95. The van der Waals surface area contributed by atoms with Crippen molar-refractivity contribution in [1.29, 1.82) is 5.26 Å². The van der Waals surface area contributed by atoms with Crippen LogP contribution in [0.25, 0.3) is 0 Å². The van der Waals surface area contributed by atoms with Crippen molar-refractivity contribution in [2.75, 3.05) is 14.1 Å². The van der Waals surface area contributed by atoms with E-state index in [1.54, 1.807) is 13.1 Å². The summed E-state index contributed by atoms with van der Waals surface area (Å²) in [7, 11) is 3.71. The van der Waals surface area contributed by atoms with E-state index in [-0.39, 0.29) is 24.0 Å². The molecule has 0 bridgehead atoms. The number of hydrogen-bond acceptors (Lipinski definition) is 2. The van der Waals surface area contributed by atoms with Crippen molar-refractivity contribution in [2.24, 2.45) is 4.99 Å². The minimum absolute atomic E-state index is 0. The predicted molar refractivity (Wildman–Crippen MR) is 110 cm³/mol. The fraction of sp³-hybridized carbons (Fsp3) is 0.222. The zero-order chi connectivity index (χ0) is 16.7. The van der Waals surface area contributed by atoms with Crippen LogP contribution in [0.15, 0.2) is 53.5 Å². The number of nitrogens with zero attached hydrogens (tertiary/aromatic N) is 3. The van der Waals surface area contributed by atoms with Gasteiger partial charge in [0.25, 0.3) is 0 Å². The van der Waals surface area contributed by atoms with Crippen LogP contribution in [0, 0.1) is 11.3 Å². The standard InChI is InChI=1S/C18H19ClN4.HI/c1-21-18(22-12-15-7-5-6-14(10-15)11-20)23(2)13-16-8-3-4-9-17(16)19;/h3-10H,12-13H2,1-2H3,(H,21,22);1H. The van der Waals surface area contributed by atoms with Gasteiger partial charge in [0.1, 0.15) is 0 Å². The van der Waals surface area contributed by atoms with Gasteiger partial charge in [-0.25, -0.2) is 0 Å². The van der Waals surface area contributed by atoms with Crippen molar-refractivity contribution in [3.63, 3.8) is 0 Å². The van der Waals surface area contributed by atoms with Crippen molar-refractivity contribution >= 4 is 41.5 Å². The lowest BCUT2D eigenvalue weighted by atomic mass is 10.1. The van der Waals surface area contributed by atoms with Gasteiger partial charge in [-0.05, 0) is 29.3 Å². The number of rotatable bonds is 4. The molecule has 0 saturated carbocycles. The fourth-order valence-corrected chi connectivity index (χ4v) is 2.47. The molecule has 2 aromatic rings. The summed E-state index contributed by atoms with van der Waals surface area (Å²) in [5.41, 5.74) is 2.74. The number of halogens is 2. The number of hydrogen-bond donors (Lipinski definition) is 1. The van der Waals surface area contributed by atoms with E-state index in [9.17, 15) is 0 Å². The molecule has 0 spiro atoms. The Hall–Kier alpha value is -1.78. The molecular weight excluding hydrogens is 435 g/mol. The van der Waals surface area contributed by atoms with E-state index in [1.165, 1.54) is 0 Å². The van der Waals surface area contributed by atoms with Crippen LogP contribution < -0.4 is 5.32 Å². The van der Waals surface area contributed by atoms with Crippen molar-refractivity contribution in [2.45, 2.75) is 13.1 Å². The first-order chi connectivity index (χ1) is 11.1. The van der Waals surface area contributed by atoms with Gasteiger partial charge >= 0.3 is 0 Å². The van der Waals surface area contributed by atoms with Gasteiger partial charge < -0.3 is 10.2 Å². The summed E-state index contributed by atoms with van der Waals surface area (Å²) >= 11 is 6.20. The first-order valence-corrected chi connectivity index (χ1v) is 7.66. The van der Waals surface area contributed by atoms with Gasteiger partial charge in [-0.1, -0.05) is 41.9 Å². The summed E-state index contributed by atoms with van der Waals surface area (Å²) < 4.78 is 0. The molecule has 0 aliphatic heterocycles. The number of benzene rings is 2. The van der Waals surface area contributed by atoms with E-state index < -0.39 is 0 Å². The van der Waals surface area contributed by atoms with Crippen molar-refractivity contribution in [3.05, 3.63) is 70.2 Å². The third-order valence-corrected chi connectivity index (χ3v) is 3.81. The maximum absolute atomic E-state index is 8.95. The SMILES string of the molecule is CN=C(NCc1cccc(C#N)c1)N(C)Cc1ccccc1Cl.I. The topological polar surface area (TPSA) is 51.4 Å². The lowest BCUT2D eigenvalue weighted by molar-refractivity contribution is 0.476. The largest absolute Gasteiger partial charge is 0.352 e. The molecule has 1 N–H and O–H groups in total. The second-order valence-corrected chi connectivity index (χ2v) is 5.57. The Labute approximate surface area is 165 Å². The normalized spacial score (nSPS) is 10.5. The Morgan fingerprint density at radius 1 is 1.25 bits per heavy atom. The Kier molecular flexibility index (Phi) is 8.58. The Bertz CT molecular complexity index is 740. The van der Waals surface area contributed by atoms with Gasteiger partial charge in [0, 0.05) is 32.2 Å². The highest BCUT2D eigenvalue weighted by molar-refractivity contribution is 14.0. The van der Waals surface area contributed by atoms with Crippen LogP contribution in [0.4, 0.5) is 0 Å². The second kappa shape index (κ2) is 10.2. The summed E-state index contributed by atoms with van der Waals surface area (Å²) in [6, 6.07) is 17.4. The number of nitrogens with one attached hydrogen (secondary N) is 1. The molecule has 2 aromatic carbocycles. The molecule has 0 aliphatic rings. The molecule has 0 amide bonds. The highest BCUT2D eigenvalue weighted by Crippen LogP contribution is 2.16. The molecule has 2 rings (SSSR count). The Morgan fingerprint density at radius 2 is 2.00 bits per heavy atom. The molecule has 24 heavy (non-hydrogen) atoms. The summed E-state index contributed by atoms with van der Waals surface area (Å²) in [4.78, 5) is 6.30. The van der Waals surface area contributed by atoms with Gasteiger partial charge in [-0.15, -0.1) is 24.0 Å². The van der Waals surface area contributed by atoms with Gasteiger partial charge in [-0.2, -0.15) is 5.26 Å². The van der Waals surface area contributed by atoms with Crippen molar-refractivity contribution in [1.82, 2.24) is 10.2 Å². The average Bonchev–Trinajstić information content (AvgIpc) is 2.57. The smallest absolute Gasteiger partial charge is 0.193 e. The molecule has 0 radical (unpaired) electrons. The van der Waals surface area contributed by atoms with E-state index in [0.29, 0.717) is 18.7 Å². The molecule has 0 heterocycles. The molecule has 0 fully saturated rings. The van der Waals surface area contributed by atoms with E-state index in [4.69, 9.17) is 16.9 Å². The van der Waals surface area contributed by atoms with E-state index >= 15 is 0 Å². The second-order valence-electron chi connectivity index (χ2n) is 5.16. The van der Waals surface area contributed by atoms with Crippen LogP contribution in [-0.4, -0.2) is 25.0 Å². The third-order valence-electron chi connectivity index (χ3n) is 3.45. The van der Waals surface area contributed by atoms with Crippen LogP contribution in [0.3, 0.4) is 0 Å². The van der Waals surface area contributed by atoms with Gasteiger partial charge in [0.2, 0.25) is 0 Å². The highest BCUT2D eigenvalue weighted by atomic mass is 127. The van der Waals surface area contributed by atoms with E-state index in [1.807, 2.05) is 54.4 Å². The predicted octanol–water partition coefficient (Wildman–Crippen LogP) is 4.04. The molecule has 4 nitrogen and oxygen atoms in total. The summed E-state index contributed by atoms with van der Waals surface area (Å²) in [5, 5.41) is 13.0. The zero-order valence-corrected chi connectivity index (χ0v) is 16.7. The molecule has 0 aliphatic carbocycles. The average molecular weight is 455 g/mol. The first-order valence-electron chi connectivity index (χ1n) is 7.28. The number of aliphatic imine (C=N–C) groups is 1. The van der Waals surface area contributed by atoms with E-state index in [0.717, 1.165) is 22.1 Å². The lowest BCUT2D eigenvalue weighted by Gasteiger charge is -2.22. The minimum atomic E-state index is 0. The van der Waals surface area contributed by atoms with Crippen molar-refractivity contribution < 1.29 is 0 Å². The van der Waals surface area contributed by atoms with E-state index in [2.05, 4.69) is 16.4 Å². The van der Waals surface area contributed by atoms with Crippen molar-refractivity contribution in [3.8, 4) is 6.07 Å². The molecule has 126 valence electrons. The van der Waals surface area contributed by atoms with Crippen LogP contribution >= 0.6 is 35.6 Å². The van der Waals surface area contributed by atoms with Crippen LogP contribution in [-0.2, 0) is 13.1 Å². The third kappa shape index (κ3) is 5.69. The fourth-order valence-electron chi connectivity index (χ4n) is 2.27. The van der Waals surface area contributed by atoms with Crippen LogP contribution in [0.1, 0.15) is 16.7 Å². The molecule has 0 aromatic heterocycles. The minimum Gasteiger partial charge on any atom is -0.352 e. The summed E-state index contributed by atoms with van der Waals surface area (Å²) in [5.74, 6) is 0.771. The molecule has 0 unspecified atom stereocenters. The lowest BCUT2D eigenvalue weighted by Crippen LogP contribution is -2.38. The molecular formula is C18H20ClIN4. The summed E-state index contributed by atoms with van der Waals surface area (Å²) in [6.45, 7) is 1.27. The Balaban J connectivity index is 0.00000288. The Morgan fingerprint density at radius 3 is 2.67 bits per heavy atom. The monoisotopic (exact) mass is 454 g/mol. The van der Waals surface area contributed by atoms with Crippen LogP contribution in [0.2, 0.25) is 5.02 Å². The highest BCUT2D eigenvalue weighted by Gasteiger charge is 2.08. The summed E-state index contributed by atoms with van der Waals surface area (Å²) in [6.07, 6.45) is 0. The number of guanidine groups is 1. The van der Waals surface area contributed by atoms with Gasteiger partial charge in [-0.3, -0.25) is 4.99 Å². The quantitative estimate of drug-likeness (QED) is 0.431.